The van der Waals surface area contributed by atoms with Crippen LogP contribution in [0.25, 0.3) is 16.5 Å². The van der Waals surface area contributed by atoms with E-state index in [2.05, 4.69) is 10.4 Å². The van der Waals surface area contributed by atoms with E-state index in [9.17, 15) is 9.00 Å². The van der Waals surface area contributed by atoms with Crippen molar-refractivity contribution in [1.29, 1.82) is 0 Å². The van der Waals surface area contributed by atoms with Crippen molar-refractivity contribution < 1.29 is 13.7 Å². The Hall–Kier alpha value is -3.45. The van der Waals surface area contributed by atoms with Gasteiger partial charge in [0.2, 0.25) is 0 Å². The second-order valence-electron chi connectivity index (χ2n) is 7.10. The Morgan fingerprint density at radius 1 is 1.00 bits per heavy atom. The van der Waals surface area contributed by atoms with E-state index in [1.165, 1.54) is 0 Å². The van der Waals surface area contributed by atoms with Gasteiger partial charge in [-0.3, -0.25) is 9.00 Å². The molecule has 1 atom stereocenters. The summed E-state index contributed by atoms with van der Waals surface area (Å²) in [5.74, 6) is 1.70. The quantitative estimate of drug-likeness (QED) is 0.536. The van der Waals surface area contributed by atoms with Crippen molar-refractivity contribution in [3.05, 3.63) is 84.1 Å². The van der Waals surface area contributed by atoms with Crippen molar-refractivity contribution in [2.75, 3.05) is 11.9 Å². The van der Waals surface area contributed by atoms with Crippen molar-refractivity contribution in [3.8, 4) is 11.4 Å². The van der Waals surface area contributed by atoms with E-state index in [0.717, 1.165) is 27.7 Å². The number of nitrogens with zero attached hydrogens (tertiary/aromatic N) is 2. The fourth-order valence-electron chi connectivity index (χ4n) is 3.59. The van der Waals surface area contributed by atoms with Crippen molar-refractivity contribution in [2.45, 2.75) is 11.5 Å². The van der Waals surface area contributed by atoms with Crippen LogP contribution in [0.3, 0.4) is 0 Å². The van der Waals surface area contributed by atoms with Crippen LogP contribution in [0, 0.1) is 0 Å². The summed E-state index contributed by atoms with van der Waals surface area (Å²) in [6.07, 6.45) is 0. The molecule has 30 heavy (non-hydrogen) atoms. The highest BCUT2D eigenvalue weighted by Gasteiger charge is 2.28. The molecule has 2 heterocycles. The van der Waals surface area contributed by atoms with Gasteiger partial charge < -0.3 is 10.1 Å². The highest BCUT2D eigenvalue weighted by atomic mass is 32.2. The summed E-state index contributed by atoms with van der Waals surface area (Å²) in [6.45, 7) is -0.129. The number of amides is 1. The number of hydrogen-bond acceptors (Lipinski definition) is 4. The Balaban J connectivity index is 1.36. The summed E-state index contributed by atoms with van der Waals surface area (Å²) in [5.41, 5.74) is 2.43. The molecule has 0 saturated carbocycles. The normalized spacial score (nSPS) is 15.1. The standard InChI is InChI=1S/C23H19N3O3S/c27-22(13-29-19-11-10-16-6-4-5-7-17(16)12-19)24-23-20-14-30(28)15-21(20)25-26(23)18-8-2-1-3-9-18/h1-12H,13-15H2,(H,24,27)/t30-/m1/s1. The molecule has 0 spiro atoms. The van der Waals surface area contributed by atoms with Gasteiger partial charge in [-0.1, -0.05) is 48.5 Å². The third-order valence-corrected chi connectivity index (χ3v) is 6.23. The molecule has 3 aromatic carbocycles. The maximum atomic E-state index is 12.7. The molecule has 6 nitrogen and oxygen atoms in total. The predicted octanol–water partition coefficient (Wildman–Crippen LogP) is 3.81. The summed E-state index contributed by atoms with van der Waals surface area (Å²) in [6, 6.07) is 23.3. The molecule has 7 heteroatoms. The molecule has 150 valence electrons. The molecule has 0 bridgehead atoms. The molecule has 0 saturated heterocycles. The second-order valence-corrected chi connectivity index (χ2v) is 8.55. The van der Waals surface area contributed by atoms with Crippen LogP contribution >= 0.6 is 0 Å². The first kappa shape index (κ1) is 18.6. The van der Waals surface area contributed by atoms with Crippen LogP contribution in [0.1, 0.15) is 11.3 Å². The average Bonchev–Trinajstić information content (AvgIpc) is 3.29. The van der Waals surface area contributed by atoms with Gasteiger partial charge in [0.05, 0.1) is 22.9 Å². The summed E-state index contributed by atoms with van der Waals surface area (Å²) in [7, 11) is -0.983. The van der Waals surface area contributed by atoms with Gasteiger partial charge in [-0.25, -0.2) is 4.68 Å². The van der Waals surface area contributed by atoms with Gasteiger partial charge >= 0.3 is 0 Å². The molecule has 1 aliphatic heterocycles. The van der Waals surface area contributed by atoms with Crippen LogP contribution in [-0.4, -0.2) is 26.5 Å². The van der Waals surface area contributed by atoms with Crippen LogP contribution in [0.5, 0.6) is 5.75 Å². The van der Waals surface area contributed by atoms with Crippen LogP contribution in [0.4, 0.5) is 5.82 Å². The van der Waals surface area contributed by atoms with Crippen molar-refractivity contribution in [3.63, 3.8) is 0 Å². The third-order valence-electron chi connectivity index (χ3n) is 5.02. The summed E-state index contributed by atoms with van der Waals surface area (Å²) in [4.78, 5) is 12.7. The molecule has 0 fully saturated rings. The van der Waals surface area contributed by atoms with Gasteiger partial charge in [-0.15, -0.1) is 0 Å². The maximum Gasteiger partial charge on any atom is 0.263 e. The molecular weight excluding hydrogens is 398 g/mol. The smallest absolute Gasteiger partial charge is 0.263 e. The number of nitrogens with one attached hydrogen (secondary N) is 1. The van der Waals surface area contributed by atoms with Gasteiger partial charge in [-0.05, 0) is 35.0 Å². The van der Waals surface area contributed by atoms with Gasteiger partial charge in [0.25, 0.3) is 5.91 Å². The zero-order chi connectivity index (χ0) is 20.5. The third kappa shape index (κ3) is 3.59. The van der Waals surface area contributed by atoms with Crippen molar-refractivity contribution in [1.82, 2.24) is 9.78 Å². The fraction of sp³-hybridized carbons (Fsp3) is 0.130. The van der Waals surface area contributed by atoms with Gasteiger partial charge in [0, 0.05) is 16.4 Å². The van der Waals surface area contributed by atoms with Crippen LogP contribution in [-0.2, 0) is 27.1 Å². The van der Waals surface area contributed by atoms with E-state index in [-0.39, 0.29) is 12.5 Å². The molecule has 1 amide bonds. The first-order valence-corrected chi connectivity index (χ1v) is 11.1. The van der Waals surface area contributed by atoms with Crippen LogP contribution < -0.4 is 10.1 Å². The Morgan fingerprint density at radius 2 is 1.77 bits per heavy atom. The Morgan fingerprint density at radius 3 is 2.60 bits per heavy atom. The minimum absolute atomic E-state index is 0.129. The monoisotopic (exact) mass is 417 g/mol. The number of ether oxygens (including phenoxy) is 1. The lowest BCUT2D eigenvalue weighted by atomic mass is 10.1. The lowest BCUT2D eigenvalue weighted by Crippen LogP contribution is -2.22. The summed E-state index contributed by atoms with van der Waals surface area (Å²) >= 11 is 0. The number of benzene rings is 3. The molecule has 0 unspecified atom stereocenters. The molecule has 0 aliphatic carbocycles. The van der Waals surface area contributed by atoms with E-state index in [4.69, 9.17) is 4.74 Å². The van der Waals surface area contributed by atoms with Gasteiger partial charge in [0.15, 0.2) is 6.61 Å². The number of aromatic nitrogens is 2. The molecule has 1 aromatic heterocycles. The van der Waals surface area contributed by atoms with Crippen LogP contribution in [0.2, 0.25) is 0 Å². The Kier molecular flexibility index (Phi) is 4.80. The highest BCUT2D eigenvalue weighted by Crippen LogP contribution is 2.31. The van der Waals surface area contributed by atoms with E-state index in [1.807, 2.05) is 72.8 Å². The molecular formula is C23H19N3O3S. The number of para-hydroxylation sites is 1. The van der Waals surface area contributed by atoms with Gasteiger partial charge in [0.1, 0.15) is 11.6 Å². The fourth-order valence-corrected chi connectivity index (χ4v) is 4.85. The first-order chi connectivity index (χ1) is 14.7. The van der Waals surface area contributed by atoms with E-state index < -0.39 is 10.8 Å². The lowest BCUT2D eigenvalue weighted by Gasteiger charge is -2.12. The maximum absolute atomic E-state index is 12.7. The number of anilines is 1. The first-order valence-electron chi connectivity index (χ1n) is 9.60. The van der Waals surface area contributed by atoms with E-state index >= 15 is 0 Å². The predicted molar refractivity (Wildman–Crippen MR) is 117 cm³/mol. The number of carbonyl (C=O) groups excluding carboxylic acids is 1. The van der Waals surface area contributed by atoms with Crippen LogP contribution in [0.15, 0.2) is 72.8 Å². The number of rotatable bonds is 5. The zero-order valence-corrected chi connectivity index (χ0v) is 16.9. The largest absolute Gasteiger partial charge is 0.484 e. The van der Waals surface area contributed by atoms with Gasteiger partial charge in [-0.2, -0.15) is 5.10 Å². The molecule has 5 rings (SSSR count). The highest BCUT2D eigenvalue weighted by molar-refractivity contribution is 7.83. The lowest BCUT2D eigenvalue weighted by molar-refractivity contribution is -0.118. The molecule has 1 aliphatic rings. The van der Waals surface area contributed by atoms with E-state index in [0.29, 0.717) is 23.1 Å². The van der Waals surface area contributed by atoms with Crippen molar-refractivity contribution >= 4 is 33.3 Å². The second kappa shape index (κ2) is 7.76. The SMILES string of the molecule is O=C(COc1ccc2ccccc2c1)Nc1c2c(nn1-c1ccccc1)C[S@](=O)C2. The van der Waals surface area contributed by atoms with Crippen molar-refractivity contribution in [2.24, 2.45) is 0 Å². The van der Waals surface area contributed by atoms with E-state index in [1.54, 1.807) is 4.68 Å². The minimum Gasteiger partial charge on any atom is -0.484 e. The Labute approximate surface area is 175 Å². The Bertz CT molecular complexity index is 1270. The topological polar surface area (TPSA) is 73.2 Å². The number of fused-ring (bicyclic) bond motifs is 2. The number of hydrogen-bond donors (Lipinski definition) is 1. The summed E-state index contributed by atoms with van der Waals surface area (Å²) < 4.78 is 19.4. The average molecular weight is 417 g/mol. The zero-order valence-electron chi connectivity index (χ0n) is 16.1. The molecule has 0 radical (unpaired) electrons. The molecule has 1 N–H and O–H groups in total. The number of carbonyl (C=O) groups is 1. The molecule has 4 aromatic rings. The minimum atomic E-state index is -0.983. The summed E-state index contributed by atoms with van der Waals surface area (Å²) in [5, 5.41) is 9.67.